The van der Waals surface area contributed by atoms with Crippen LogP contribution in [-0.2, 0) is 17.1 Å². The predicted octanol–water partition coefficient (Wildman–Crippen LogP) is 0.460. The molecule has 2 aliphatic heterocycles. The van der Waals surface area contributed by atoms with E-state index in [-0.39, 0.29) is 11.8 Å². The molecule has 3 aromatic heterocycles. The third kappa shape index (κ3) is 2.46. The first-order chi connectivity index (χ1) is 13.4. The molecule has 11 heteroatoms. The van der Waals surface area contributed by atoms with E-state index in [0.29, 0.717) is 29.4 Å². The average molecular weight is 402 g/mol. The van der Waals surface area contributed by atoms with Crippen molar-refractivity contribution in [3.63, 3.8) is 0 Å². The molecular weight excluding hydrogens is 380 g/mol. The van der Waals surface area contributed by atoms with E-state index >= 15 is 0 Å². The van der Waals surface area contributed by atoms with Crippen LogP contribution in [0.3, 0.4) is 0 Å². The predicted molar refractivity (Wildman–Crippen MR) is 102 cm³/mol. The van der Waals surface area contributed by atoms with E-state index in [1.165, 1.54) is 0 Å². The highest BCUT2D eigenvalue weighted by molar-refractivity contribution is 7.89. The normalized spacial score (nSPS) is 23.0. The minimum absolute atomic E-state index is 0.274. The third-order valence-corrected chi connectivity index (χ3v) is 7.98. The summed E-state index contributed by atoms with van der Waals surface area (Å²) < 4.78 is 29.7. The van der Waals surface area contributed by atoms with Gasteiger partial charge in [-0.05, 0) is 25.7 Å². The van der Waals surface area contributed by atoms with Crippen molar-refractivity contribution in [1.29, 1.82) is 0 Å². The molecule has 1 N–H and O–H groups in total. The highest BCUT2D eigenvalue weighted by Crippen LogP contribution is 2.37. The Hall–Kier alpha value is -2.53. The zero-order valence-corrected chi connectivity index (χ0v) is 16.8. The number of aromatic nitrogens is 6. The van der Waals surface area contributed by atoms with Crippen LogP contribution in [0.15, 0.2) is 17.6 Å². The van der Waals surface area contributed by atoms with E-state index in [1.54, 1.807) is 30.8 Å². The van der Waals surface area contributed by atoms with Gasteiger partial charge in [0.25, 0.3) is 0 Å². The minimum atomic E-state index is -3.53. The quantitative estimate of drug-likeness (QED) is 0.677. The maximum atomic E-state index is 13.1. The molecule has 0 bridgehead atoms. The van der Waals surface area contributed by atoms with Crippen LogP contribution < -0.4 is 4.90 Å². The lowest BCUT2D eigenvalue weighted by atomic mass is 10.0. The Bertz CT molecular complexity index is 1130. The summed E-state index contributed by atoms with van der Waals surface area (Å²) >= 11 is 0. The van der Waals surface area contributed by atoms with Gasteiger partial charge < -0.3 is 9.47 Å². The van der Waals surface area contributed by atoms with Crippen LogP contribution in [0.1, 0.15) is 11.4 Å². The molecule has 0 aliphatic carbocycles. The molecule has 0 amide bonds. The van der Waals surface area contributed by atoms with E-state index in [9.17, 15) is 8.42 Å². The molecule has 0 saturated carbocycles. The highest BCUT2D eigenvalue weighted by Gasteiger charge is 2.45. The fourth-order valence-electron chi connectivity index (χ4n) is 4.53. The molecule has 5 rings (SSSR count). The van der Waals surface area contributed by atoms with Crippen molar-refractivity contribution >= 4 is 27.0 Å². The van der Waals surface area contributed by atoms with E-state index in [1.807, 2.05) is 11.6 Å². The molecule has 2 unspecified atom stereocenters. The topological polar surface area (TPSA) is 113 Å². The molecule has 5 heterocycles. The summed E-state index contributed by atoms with van der Waals surface area (Å²) in [4.78, 5) is 15.7. The number of aryl methyl sites for hydroxylation is 3. The SMILES string of the molecule is Cc1n[nH]c(C)c1S(=O)(=O)N1CC2CN(c3ncnc4c3ncn4C)CC2C1. The summed E-state index contributed by atoms with van der Waals surface area (Å²) in [5.41, 5.74) is 2.71. The van der Waals surface area contributed by atoms with Gasteiger partial charge >= 0.3 is 0 Å². The minimum Gasteiger partial charge on any atom is -0.354 e. The van der Waals surface area contributed by atoms with Crippen molar-refractivity contribution in [2.24, 2.45) is 18.9 Å². The molecule has 2 fully saturated rings. The van der Waals surface area contributed by atoms with Gasteiger partial charge in [-0.1, -0.05) is 0 Å². The molecule has 0 radical (unpaired) electrons. The molecule has 2 atom stereocenters. The first-order valence-electron chi connectivity index (χ1n) is 9.25. The van der Waals surface area contributed by atoms with Crippen LogP contribution in [0, 0.1) is 25.7 Å². The van der Waals surface area contributed by atoms with Gasteiger partial charge in [0.1, 0.15) is 11.2 Å². The Morgan fingerprint density at radius 1 is 1.07 bits per heavy atom. The average Bonchev–Trinajstić information content (AvgIpc) is 3.38. The third-order valence-electron chi connectivity index (χ3n) is 5.89. The zero-order valence-electron chi connectivity index (χ0n) is 16.0. The number of hydrogen-bond donors (Lipinski definition) is 1. The molecule has 2 saturated heterocycles. The second kappa shape index (κ2) is 5.98. The van der Waals surface area contributed by atoms with Gasteiger partial charge in [-0.25, -0.2) is 23.4 Å². The van der Waals surface area contributed by atoms with Crippen LogP contribution in [0.25, 0.3) is 11.2 Å². The lowest BCUT2D eigenvalue weighted by Gasteiger charge is -2.22. The fraction of sp³-hybridized carbons (Fsp3) is 0.529. The van der Waals surface area contributed by atoms with Gasteiger partial charge in [-0.2, -0.15) is 9.40 Å². The van der Waals surface area contributed by atoms with Gasteiger partial charge in [-0.3, -0.25) is 5.10 Å². The molecule has 28 heavy (non-hydrogen) atoms. The number of rotatable bonds is 3. The molecule has 3 aromatic rings. The molecule has 2 aliphatic rings. The van der Waals surface area contributed by atoms with Gasteiger partial charge in [-0.15, -0.1) is 0 Å². The monoisotopic (exact) mass is 402 g/mol. The molecular formula is C17H22N8O2S. The summed E-state index contributed by atoms with van der Waals surface area (Å²) in [7, 11) is -1.62. The van der Waals surface area contributed by atoms with Crippen LogP contribution in [0.2, 0.25) is 0 Å². The van der Waals surface area contributed by atoms with E-state index in [4.69, 9.17) is 0 Å². The number of fused-ring (bicyclic) bond motifs is 2. The van der Waals surface area contributed by atoms with Crippen LogP contribution in [-0.4, -0.2) is 68.6 Å². The number of aromatic amines is 1. The Morgan fingerprint density at radius 3 is 2.43 bits per heavy atom. The molecule has 0 spiro atoms. The maximum Gasteiger partial charge on any atom is 0.246 e. The van der Waals surface area contributed by atoms with E-state index in [0.717, 1.165) is 30.1 Å². The van der Waals surface area contributed by atoms with Crippen molar-refractivity contribution in [2.75, 3.05) is 31.1 Å². The molecule has 0 aromatic carbocycles. The summed E-state index contributed by atoms with van der Waals surface area (Å²) in [6, 6.07) is 0. The summed E-state index contributed by atoms with van der Waals surface area (Å²) in [6.07, 6.45) is 3.30. The highest BCUT2D eigenvalue weighted by atomic mass is 32.2. The van der Waals surface area contributed by atoms with Gasteiger partial charge in [0.15, 0.2) is 17.0 Å². The second-order valence-corrected chi connectivity index (χ2v) is 9.61. The second-order valence-electron chi connectivity index (χ2n) is 7.74. The first-order valence-corrected chi connectivity index (χ1v) is 10.7. The van der Waals surface area contributed by atoms with Crippen LogP contribution >= 0.6 is 0 Å². The zero-order chi connectivity index (χ0) is 19.6. The van der Waals surface area contributed by atoms with Crippen molar-refractivity contribution in [2.45, 2.75) is 18.7 Å². The number of hydrogen-bond acceptors (Lipinski definition) is 7. The van der Waals surface area contributed by atoms with Gasteiger partial charge in [0, 0.05) is 33.2 Å². The van der Waals surface area contributed by atoms with Crippen molar-refractivity contribution in [1.82, 2.24) is 34.0 Å². The maximum absolute atomic E-state index is 13.1. The Labute approximate surface area is 162 Å². The van der Waals surface area contributed by atoms with Crippen molar-refractivity contribution < 1.29 is 8.42 Å². The van der Waals surface area contributed by atoms with Crippen LogP contribution in [0.4, 0.5) is 5.82 Å². The Morgan fingerprint density at radius 2 is 1.79 bits per heavy atom. The van der Waals surface area contributed by atoms with Gasteiger partial charge in [0.05, 0.1) is 17.7 Å². The number of H-pyrrole nitrogens is 1. The van der Waals surface area contributed by atoms with E-state index < -0.39 is 10.0 Å². The number of anilines is 1. The Kier molecular flexibility index (Phi) is 3.75. The summed E-state index contributed by atoms with van der Waals surface area (Å²) in [6.45, 7) is 6.04. The number of imidazole rings is 1. The molecule has 148 valence electrons. The lowest BCUT2D eigenvalue weighted by molar-refractivity contribution is 0.452. The van der Waals surface area contributed by atoms with Crippen molar-refractivity contribution in [3.8, 4) is 0 Å². The van der Waals surface area contributed by atoms with Gasteiger partial charge in [0.2, 0.25) is 10.0 Å². The van der Waals surface area contributed by atoms with Crippen molar-refractivity contribution in [3.05, 3.63) is 24.0 Å². The molecule has 10 nitrogen and oxygen atoms in total. The van der Waals surface area contributed by atoms with Crippen LogP contribution in [0.5, 0.6) is 0 Å². The summed E-state index contributed by atoms with van der Waals surface area (Å²) in [5.74, 6) is 1.38. The fourth-order valence-corrected chi connectivity index (χ4v) is 6.42. The smallest absolute Gasteiger partial charge is 0.246 e. The first kappa shape index (κ1) is 17.6. The van der Waals surface area contributed by atoms with E-state index in [2.05, 4.69) is 30.0 Å². The number of sulfonamides is 1. The number of nitrogens with one attached hydrogen (secondary N) is 1. The number of nitrogens with zero attached hydrogens (tertiary/aromatic N) is 7. The Balaban J connectivity index is 1.38. The summed E-state index contributed by atoms with van der Waals surface area (Å²) in [5, 5.41) is 6.82. The standard InChI is InChI=1S/C17H22N8O2S/c1-10-15(11(2)22-21-10)28(26,27)25-6-12-4-24(5-13(12)7-25)17-14-16(18-8-19-17)23(3)9-20-14/h8-9,12-13H,4-7H2,1-3H3,(H,21,22). The lowest BCUT2D eigenvalue weighted by Crippen LogP contribution is -2.34. The largest absolute Gasteiger partial charge is 0.354 e.